The highest BCUT2D eigenvalue weighted by Gasteiger charge is 2.69. The minimum Gasteiger partial charge on any atom is -0.507 e. The Morgan fingerprint density at radius 3 is 2.45 bits per heavy atom. The number of phenols is 1. The number of nitrogens with two attached hydrogens (primary N) is 1. The molecule has 5 rings (SSSR count). The van der Waals surface area contributed by atoms with Crippen LogP contribution in [0, 0.1) is 29.5 Å². The van der Waals surface area contributed by atoms with Crippen molar-refractivity contribution in [1.82, 2.24) is 9.80 Å². The van der Waals surface area contributed by atoms with Crippen LogP contribution in [0.15, 0.2) is 0 Å². The predicted octanol–water partition coefficient (Wildman–Crippen LogP) is -0.226. The van der Waals surface area contributed by atoms with Gasteiger partial charge in [0, 0.05) is 35.7 Å². The zero-order chi connectivity index (χ0) is 27.8. The van der Waals surface area contributed by atoms with E-state index in [1.807, 2.05) is 6.92 Å². The SMILES string of the molecule is CCCN1CCc2c(O)c3c(c(F)c2C1)C[C@H]1C[C@H]2[C@H](N(C)C)C(=O)C(C(N)=O)C(=O)[C@@]2(O)C(=O)C1C3=O. The van der Waals surface area contributed by atoms with Crippen molar-refractivity contribution >= 4 is 29.0 Å². The summed E-state index contributed by atoms with van der Waals surface area (Å²) in [6.45, 7) is 3.65. The predicted molar refractivity (Wildman–Crippen MR) is 131 cm³/mol. The fourth-order valence-electron chi connectivity index (χ4n) is 7.31. The maximum atomic E-state index is 15.9. The molecule has 38 heavy (non-hydrogen) atoms. The summed E-state index contributed by atoms with van der Waals surface area (Å²) < 4.78 is 15.9. The third-order valence-corrected chi connectivity index (χ3v) is 8.97. The third-order valence-electron chi connectivity index (χ3n) is 8.97. The number of phenolic OH excluding ortho intramolecular Hbond substituents is 1. The second-order valence-corrected chi connectivity index (χ2v) is 11.3. The summed E-state index contributed by atoms with van der Waals surface area (Å²) in [7, 11) is 3.03. The van der Waals surface area contributed by atoms with Crippen LogP contribution in [0.2, 0.25) is 0 Å². The van der Waals surface area contributed by atoms with Crippen molar-refractivity contribution in [1.29, 1.82) is 0 Å². The zero-order valence-electron chi connectivity index (χ0n) is 21.6. The van der Waals surface area contributed by atoms with Crippen LogP contribution in [-0.2, 0) is 38.6 Å². The first kappa shape index (κ1) is 26.6. The number of nitrogens with zero attached hydrogens (tertiary/aromatic N) is 2. The molecular formula is C27H32FN3O7. The molecule has 3 aliphatic carbocycles. The molecule has 10 nitrogen and oxygen atoms in total. The van der Waals surface area contributed by atoms with Crippen LogP contribution < -0.4 is 5.73 Å². The number of aliphatic hydroxyl groups is 1. The van der Waals surface area contributed by atoms with Crippen molar-refractivity contribution < 1.29 is 38.6 Å². The maximum Gasteiger partial charge on any atom is 0.235 e. The van der Waals surface area contributed by atoms with Gasteiger partial charge < -0.3 is 15.9 Å². The van der Waals surface area contributed by atoms with E-state index in [9.17, 15) is 34.2 Å². The Bertz CT molecular complexity index is 1290. The molecule has 1 amide bonds. The summed E-state index contributed by atoms with van der Waals surface area (Å²) in [5.74, 6) is -11.9. The molecule has 11 heteroatoms. The van der Waals surface area contributed by atoms with Gasteiger partial charge in [0.25, 0.3) is 0 Å². The van der Waals surface area contributed by atoms with Crippen molar-refractivity contribution in [2.45, 2.75) is 50.8 Å². The van der Waals surface area contributed by atoms with Crippen LogP contribution in [0.25, 0.3) is 0 Å². The van der Waals surface area contributed by atoms with Crippen molar-refractivity contribution in [3.63, 3.8) is 0 Å². The number of fused-ring (bicyclic) bond motifs is 4. The number of carbonyl (C=O) groups excluding carboxylic acids is 5. The number of Topliss-reactive ketones (excluding diaryl/α,β-unsaturated/α-hetero) is 4. The summed E-state index contributed by atoms with van der Waals surface area (Å²) in [4.78, 5) is 69.6. The third kappa shape index (κ3) is 3.44. The van der Waals surface area contributed by atoms with Crippen LogP contribution >= 0.6 is 0 Å². The second kappa shape index (κ2) is 9.03. The highest BCUT2D eigenvalue weighted by atomic mass is 19.1. The number of hydrogen-bond donors (Lipinski definition) is 3. The van der Waals surface area contributed by atoms with E-state index in [4.69, 9.17) is 5.73 Å². The van der Waals surface area contributed by atoms with Gasteiger partial charge in [0.05, 0.1) is 17.5 Å². The van der Waals surface area contributed by atoms with Gasteiger partial charge in [-0.1, -0.05) is 6.92 Å². The molecule has 1 heterocycles. The first-order valence-electron chi connectivity index (χ1n) is 13.0. The second-order valence-electron chi connectivity index (χ2n) is 11.3. The molecule has 0 radical (unpaired) electrons. The van der Waals surface area contributed by atoms with Crippen molar-refractivity contribution in [2.24, 2.45) is 29.4 Å². The molecule has 0 aromatic heterocycles. The normalized spacial score (nSPS) is 33.1. The number of benzene rings is 1. The Morgan fingerprint density at radius 2 is 1.84 bits per heavy atom. The first-order chi connectivity index (χ1) is 17.9. The quantitative estimate of drug-likeness (QED) is 0.448. The molecule has 1 aliphatic heterocycles. The first-order valence-corrected chi connectivity index (χ1v) is 13.0. The van der Waals surface area contributed by atoms with E-state index < -0.39 is 70.2 Å². The molecule has 2 fully saturated rings. The van der Waals surface area contributed by atoms with Crippen LogP contribution in [0.1, 0.15) is 46.8 Å². The lowest BCUT2D eigenvalue weighted by Crippen LogP contribution is -2.74. The van der Waals surface area contributed by atoms with Crippen LogP contribution in [0.5, 0.6) is 5.75 Å². The molecule has 4 N–H and O–H groups in total. The average Bonchev–Trinajstić information content (AvgIpc) is 2.84. The molecule has 2 saturated carbocycles. The molecule has 0 saturated heterocycles. The van der Waals surface area contributed by atoms with Gasteiger partial charge in [-0.3, -0.25) is 33.8 Å². The van der Waals surface area contributed by atoms with Crippen LogP contribution in [-0.4, -0.2) is 87.9 Å². The van der Waals surface area contributed by atoms with Gasteiger partial charge in [-0.2, -0.15) is 0 Å². The number of hydrogen-bond acceptors (Lipinski definition) is 9. The minimum atomic E-state index is -2.79. The van der Waals surface area contributed by atoms with Gasteiger partial charge in [-0.25, -0.2) is 4.39 Å². The number of primary amides is 1. The summed E-state index contributed by atoms with van der Waals surface area (Å²) in [6, 6.07) is -1.19. The lowest BCUT2D eigenvalue weighted by molar-refractivity contribution is -0.181. The summed E-state index contributed by atoms with van der Waals surface area (Å²) in [5.41, 5.74) is 2.94. The van der Waals surface area contributed by atoms with E-state index in [1.165, 1.54) is 19.0 Å². The molecule has 4 aliphatic rings. The van der Waals surface area contributed by atoms with Gasteiger partial charge in [-0.15, -0.1) is 0 Å². The number of carbonyl (C=O) groups is 5. The number of likely N-dealkylation sites (N-methyl/N-ethyl adjacent to an activating group) is 1. The molecule has 2 unspecified atom stereocenters. The topological polar surface area (TPSA) is 158 Å². The molecule has 204 valence electrons. The Labute approximate surface area is 218 Å². The Balaban J connectivity index is 1.62. The van der Waals surface area contributed by atoms with Gasteiger partial charge in [0.2, 0.25) is 5.91 Å². The highest BCUT2D eigenvalue weighted by Crippen LogP contribution is 2.52. The highest BCUT2D eigenvalue weighted by molar-refractivity contribution is 6.32. The number of rotatable bonds is 4. The fraction of sp³-hybridized carbons (Fsp3) is 0.593. The van der Waals surface area contributed by atoms with E-state index in [0.29, 0.717) is 30.6 Å². The number of aromatic hydroxyl groups is 1. The fourth-order valence-corrected chi connectivity index (χ4v) is 7.31. The number of halogens is 1. The molecule has 1 aromatic carbocycles. The van der Waals surface area contributed by atoms with Crippen molar-refractivity contribution in [3.05, 3.63) is 28.1 Å². The van der Waals surface area contributed by atoms with Crippen molar-refractivity contribution in [2.75, 3.05) is 27.2 Å². The van der Waals surface area contributed by atoms with E-state index >= 15 is 4.39 Å². The van der Waals surface area contributed by atoms with Gasteiger partial charge >= 0.3 is 0 Å². The van der Waals surface area contributed by atoms with Crippen LogP contribution in [0.4, 0.5) is 4.39 Å². The van der Waals surface area contributed by atoms with E-state index in [0.717, 1.165) is 13.0 Å². The zero-order valence-corrected chi connectivity index (χ0v) is 21.6. The van der Waals surface area contributed by atoms with Crippen LogP contribution in [0.3, 0.4) is 0 Å². The van der Waals surface area contributed by atoms with Crippen molar-refractivity contribution in [3.8, 4) is 5.75 Å². The minimum absolute atomic E-state index is 0.0222. The monoisotopic (exact) mass is 529 g/mol. The van der Waals surface area contributed by atoms with E-state index in [1.54, 1.807) is 0 Å². The molecular weight excluding hydrogens is 497 g/mol. The van der Waals surface area contributed by atoms with E-state index in [-0.39, 0.29) is 29.7 Å². The molecule has 6 atom stereocenters. The smallest absolute Gasteiger partial charge is 0.235 e. The maximum absolute atomic E-state index is 15.9. The largest absolute Gasteiger partial charge is 0.507 e. The molecule has 1 aromatic rings. The summed E-state index contributed by atoms with van der Waals surface area (Å²) in [6.07, 6.45) is 1.02. The van der Waals surface area contributed by atoms with Gasteiger partial charge in [0.15, 0.2) is 34.7 Å². The lowest BCUT2D eigenvalue weighted by atomic mass is 9.52. The number of amides is 1. The number of ketones is 4. The Hall–Kier alpha value is -3.02. The van der Waals surface area contributed by atoms with E-state index in [2.05, 4.69) is 4.90 Å². The molecule has 0 spiro atoms. The van der Waals surface area contributed by atoms with Gasteiger partial charge in [-0.05, 0) is 52.2 Å². The lowest BCUT2D eigenvalue weighted by Gasteiger charge is -2.52. The molecule has 0 bridgehead atoms. The standard InChI is InChI=1S/C27H32FN3O7/c1-4-6-31-7-5-12-14(10-31)19(28)13-8-11-9-15-20(30(2)3)23(34)18(26(29)37)25(36)27(15,38)24(35)16(11)22(33)17(13)21(12)32/h11,15-16,18,20,32,38H,4-10H2,1-3H3,(H2,29,37)/t11-,15-,16?,18?,20-,27-/m0/s1. The summed E-state index contributed by atoms with van der Waals surface area (Å²) in [5, 5.41) is 22.7. The summed E-state index contributed by atoms with van der Waals surface area (Å²) >= 11 is 0. The van der Waals surface area contributed by atoms with Gasteiger partial charge in [0.1, 0.15) is 11.6 Å². The Kier molecular flexibility index (Phi) is 6.32. The Morgan fingerprint density at radius 1 is 1.16 bits per heavy atom. The average molecular weight is 530 g/mol.